The maximum absolute atomic E-state index is 8.56. The molecule has 0 heterocycles. The van der Waals surface area contributed by atoms with Crippen LogP contribution in [0.25, 0.3) is 0 Å². The van der Waals surface area contributed by atoms with Crippen LogP contribution in [0.15, 0.2) is 0 Å². The fraction of sp³-hybridized carbons (Fsp3) is 0. The van der Waals surface area contributed by atoms with Gasteiger partial charge in [0.05, 0.1) is 0 Å². The number of hydrogen-bond acceptors (Lipinski definition) is 5. The second-order valence-electron chi connectivity index (χ2n) is 1.41. The standard InChI is InChI=1S/5CH2O3.17Na.17H/c5*2-1(3)4;;;;;;;;;;;;;;;;;;;;;;;;;;;;;;;;;;/h5*(H2,2,3,4);;;;;;;;;;;;;;;;;;;;;;;;;;;;;;;;;;. The van der Waals surface area contributed by atoms with Gasteiger partial charge < -0.3 is 51.1 Å². The van der Waals surface area contributed by atoms with Gasteiger partial charge in [0.25, 0.3) is 0 Å². The maximum atomic E-state index is 8.56. The van der Waals surface area contributed by atoms with Gasteiger partial charge in [-0.2, -0.15) is 0 Å². The molecule has 0 aliphatic heterocycles. The monoisotopic (exact) mass is 718 g/mol. The fourth-order valence-corrected chi connectivity index (χ4v) is 0. The van der Waals surface area contributed by atoms with E-state index in [2.05, 4.69) is 0 Å². The number of carbonyl (C=O) groups is 5. The summed E-state index contributed by atoms with van der Waals surface area (Å²) in [4.78, 5) is 42.8. The predicted molar refractivity (Wildman–Crippen MR) is 175 cm³/mol. The van der Waals surface area contributed by atoms with E-state index in [1.54, 1.807) is 0 Å². The van der Waals surface area contributed by atoms with Gasteiger partial charge in [0.1, 0.15) is 0 Å². The van der Waals surface area contributed by atoms with E-state index < -0.39 is 30.8 Å². The first-order valence-corrected chi connectivity index (χ1v) is 3.26. The molecule has 0 aliphatic rings. The van der Waals surface area contributed by atoms with E-state index in [9.17, 15) is 0 Å². The molecule has 0 saturated heterocycles. The first kappa shape index (κ1) is 153. The Balaban J connectivity index is -0.00000000341. The zero-order valence-electron chi connectivity index (χ0n) is 9.01. The quantitative estimate of drug-likeness (QED) is 0.104. The van der Waals surface area contributed by atoms with Crippen molar-refractivity contribution in [3.05, 3.63) is 0 Å². The Hall–Kier alpha value is 13.3. The molecule has 0 aliphatic carbocycles. The summed E-state index contributed by atoms with van der Waals surface area (Å²) in [5, 5.41) is 69.7. The first-order chi connectivity index (χ1) is 8.66. The van der Waals surface area contributed by atoms with Crippen LogP contribution in [0.5, 0.6) is 0 Å². The van der Waals surface area contributed by atoms with Crippen LogP contribution in [0.1, 0.15) is 0 Å². The topological polar surface area (TPSA) is 288 Å². The summed E-state index contributed by atoms with van der Waals surface area (Å²) < 4.78 is 0. The number of hydrogen-bond donors (Lipinski definition) is 10. The second-order valence-corrected chi connectivity index (χ2v) is 1.41. The van der Waals surface area contributed by atoms with Gasteiger partial charge in [-0.15, -0.1) is 0 Å². The Morgan fingerprint density at radius 1 is 0.189 bits per heavy atom. The first-order valence-electron chi connectivity index (χ1n) is 3.26. The molecule has 32 heteroatoms. The van der Waals surface area contributed by atoms with Crippen LogP contribution in [0.2, 0.25) is 0 Å². The van der Waals surface area contributed by atoms with Gasteiger partial charge in [-0.3, -0.25) is 0 Å². The molecule has 0 spiro atoms. The normalized spacial score (nSPS) is 3.24. The van der Waals surface area contributed by atoms with Crippen LogP contribution < -0.4 is 0 Å². The van der Waals surface area contributed by atoms with Gasteiger partial charge in [-0.05, 0) is 0 Å². The molecule has 0 radical (unpaired) electrons. The summed E-state index contributed by atoms with van der Waals surface area (Å²) in [7, 11) is 0. The third-order valence-corrected chi connectivity index (χ3v) is 0. The zero-order valence-corrected chi connectivity index (χ0v) is 9.01. The second kappa shape index (κ2) is 144. The van der Waals surface area contributed by atoms with Crippen molar-refractivity contribution in [2.24, 2.45) is 0 Å². The Kier molecular flexibility index (Phi) is 592. The van der Waals surface area contributed by atoms with Crippen molar-refractivity contribution >= 4 is 533 Å². The molecule has 0 rings (SSSR count). The van der Waals surface area contributed by atoms with E-state index in [1.165, 1.54) is 0 Å². The van der Waals surface area contributed by atoms with Crippen molar-refractivity contribution in [1.82, 2.24) is 0 Å². The molecule has 0 unspecified atom stereocenters. The number of rotatable bonds is 0. The van der Waals surface area contributed by atoms with Crippen LogP contribution in [-0.2, 0) is 0 Å². The summed E-state index contributed by atoms with van der Waals surface area (Å²) in [5.41, 5.74) is 0. The van der Waals surface area contributed by atoms with Gasteiger partial charge in [-0.25, -0.2) is 24.0 Å². The van der Waals surface area contributed by atoms with E-state index in [0.29, 0.717) is 0 Å². The van der Waals surface area contributed by atoms with Crippen molar-refractivity contribution in [3.63, 3.8) is 0 Å². The average Bonchev–Trinajstić information content (AvgIpc) is 1.94. The predicted octanol–water partition coefficient (Wildman–Crippen LogP) is -9.91. The van der Waals surface area contributed by atoms with Crippen LogP contribution in [0.3, 0.4) is 0 Å². The molecular formula is C5H27Na17O15. The van der Waals surface area contributed by atoms with Crippen LogP contribution in [0.4, 0.5) is 24.0 Å². The van der Waals surface area contributed by atoms with E-state index in [4.69, 9.17) is 75.0 Å². The minimum absolute atomic E-state index is 0. The molecule has 10 N–H and O–H groups in total. The zero-order chi connectivity index (χ0) is 17.9. The van der Waals surface area contributed by atoms with Gasteiger partial charge >= 0.3 is 533 Å². The Morgan fingerprint density at radius 3 is 0.189 bits per heavy atom. The molecule has 0 atom stereocenters. The molecular weight excluding hydrogens is 691 g/mol. The van der Waals surface area contributed by atoms with Gasteiger partial charge in [0.2, 0.25) is 0 Å². The third-order valence-electron chi connectivity index (χ3n) is 0. The van der Waals surface area contributed by atoms with Crippen LogP contribution >= 0.6 is 0 Å². The van der Waals surface area contributed by atoms with Crippen molar-refractivity contribution in [1.29, 1.82) is 0 Å². The molecule has 0 aromatic carbocycles. The Morgan fingerprint density at radius 2 is 0.189 bits per heavy atom. The van der Waals surface area contributed by atoms with Crippen molar-refractivity contribution in [3.8, 4) is 0 Å². The van der Waals surface area contributed by atoms with Crippen molar-refractivity contribution in [2.45, 2.75) is 0 Å². The van der Waals surface area contributed by atoms with E-state index >= 15 is 0 Å². The van der Waals surface area contributed by atoms with Crippen molar-refractivity contribution < 1.29 is 75.0 Å². The van der Waals surface area contributed by atoms with Gasteiger partial charge in [0.15, 0.2) is 0 Å². The molecule has 0 bridgehead atoms. The molecule has 0 fully saturated rings. The third kappa shape index (κ3) is 621. The SMILES string of the molecule is O=C(O)O.O=C(O)O.O=C(O)O.O=C(O)O.O=C(O)O.[NaH].[NaH].[NaH].[NaH].[NaH].[NaH].[NaH].[NaH].[NaH].[NaH].[NaH].[NaH].[NaH].[NaH].[NaH].[NaH].[NaH]. The van der Waals surface area contributed by atoms with E-state index in [0.717, 1.165) is 0 Å². The van der Waals surface area contributed by atoms with Crippen LogP contribution in [-0.4, -0.2) is 584 Å². The summed E-state index contributed by atoms with van der Waals surface area (Å²) in [6, 6.07) is 0. The van der Waals surface area contributed by atoms with E-state index in [1.807, 2.05) is 0 Å². The Labute approximate surface area is 590 Å². The molecule has 0 aromatic rings. The van der Waals surface area contributed by atoms with Gasteiger partial charge in [0, 0.05) is 0 Å². The average molecular weight is 718 g/mol. The summed E-state index contributed by atoms with van der Waals surface area (Å²) in [6.45, 7) is 0. The van der Waals surface area contributed by atoms with E-state index in [-0.39, 0.29) is 502 Å². The Bertz CT molecular complexity index is 238. The summed E-state index contributed by atoms with van der Waals surface area (Å²) in [6.07, 6.45) is -9.17. The van der Waals surface area contributed by atoms with Crippen molar-refractivity contribution in [2.75, 3.05) is 0 Å². The minimum atomic E-state index is -1.83. The van der Waals surface area contributed by atoms with Crippen LogP contribution in [0, 0.1) is 0 Å². The molecule has 15 nitrogen and oxygen atoms in total. The summed E-state index contributed by atoms with van der Waals surface area (Å²) in [5.74, 6) is 0. The fourth-order valence-electron chi connectivity index (χ4n) is 0. The molecule has 0 saturated carbocycles. The molecule has 37 heavy (non-hydrogen) atoms. The molecule has 154 valence electrons. The molecule has 0 amide bonds. The number of carboxylic acid groups (broad SMARTS) is 10. The molecule has 0 aromatic heterocycles. The van der Waals surface area contributed by atoms with Gasteiger partial charge in [-0.1, -0.05) is 0 Å². The summed E-state index contributed by atoms with van der Waals surface area (Å²) >= 11 is 0.